The number of aromatic nitrogens is 2. The molecule has 0 aliphatic carbocycles. The average molecular weight is 209 g/mol. The number of hydrogen-bond acceptors (Lipinski definition) is 4. The summed E-state index contributed by atoms with van der Waals surface area (Å²) in [5.74, 6) is 1.97. The molecule has 0 unspecified atom stereocenters. The van der Waals surface area contributed by atoms with Crippen LogP contribution in [0.5, 0.6) is 0 Å². The summed E-state index contributed by atoms with van der Waals surface area (Å²) in [5, 5.41) is 8.09. The second-order valence-electron chi connectivity index (χ2n) is 3.60. The highest BCUT2D eigenvalue weighted by molar-refractivity contribution is 5.53. The van der Waals surface area contributed by atoms with Gasteiger partial charge in [-0.25, -0.2) is 4.98 Å². The molecule has 1 aromatic rings. The summed E-state index contributed by atoms with van der Waals surface area (Å²) in [6.45, 7) is 4.81. The molecular weight excluding hydrogens is 190 g/mol. The van der Waals surface area contributed by atoms with Gasteiger partial charge < -0.3 is 10.3 Å². The number of aryl methyl sites for hydroxylation is 1. The van der Waals surface area contributed by atoms with Crippen molar-refractivity contribution >= 4 is 11.6 Å². The summed E-state index contributed by atoms with van der Waals surface area (Å²) in [6, 6.07) is 0. The number of imidazole rings is 1. The first-order chi connectivity index (χ1) is 7.16. The van der Waals surface area contributed by atoms with Crippen LogP contribution in [-0.4, -0.2) is 16.1 Å². The van der Waals surface area contributed by atoms with Gasteiger partial charge >= 0.3 is 0 Å². The molecule has 15 heavy (non-hydrogen) atoms. The Morgan fingerprint density at radius 2 is 2.13 bits per heavy atom. The van der Waals surface area contributed by atoms with Crippen LogP contribution in [0, 0.1) is 6.92 Å². The topological polar surface area (TPSA) is 68.6 Å². The molecule has 0 saturated heterocycles. The Kier molecular flexibility index (Phi) is 4.27. The van der Waals surface area contributed by atoms with Gasteiger partial charge in [-0.3, -0.25) is 0 Å². The zero-order chi connectivity index (χ0) is 11.3. The number of azo groups is 1. The highest BCUT2D eigenvalue weighted by atomic mass is 15.2. The van der Waals surface area contributed by atoms with Crippen LogP contribution in [0.1, 0.15) is 32.0 Å². The van der Waals surface area contributed by atoms with E-state index in [9.17, 15) is 0 Å². The fourth-order valence-electron chi connectivity index (χ4n) is 1.23. The van der Waals surface area contributed by atoms with E-state index in [4.69, 9.17) is 5.73 Å². The van der Waals surface area contributed by atoms with E-state index in [-0.39, 0.29) is 0 Å². The smallest absolute Gasteiger partial charge is 0.216 e. The molecule has 0 aliphatic rings. The molecule has 2 N–H and O–H groups in total. The van der Waals surface area contributed by atoms with E-state index in [0.29, 0.717) is 11.6 Å². The molecule has 1 heterocycles. The Bertz CT molecular complexity index is 340. The Morgan fingerprint density at radius 1 is 1.40 bits per heavy atom. The van der Waals surface area contributed by atoms with Crippen LogP contribution in [0.25, 0.3) is 0 Å². The summed E-state index contributed by atoms with van der Waals surface area (Å²) in [4.78, 5) is 4.21. The first kappa shape index (κ1) is 11.7. The summed E-state index contributed by atoms with van der Waals surface area (Å²) in [5.41, 5.74) is 5.79. The average Bonchev–Trinajstić information content (AvgIpc) is 2.46. The first-order valence-electron chi connectivity index (χ1n) is 5.33. The Balaban J connectivity index is 2.53. The van der Waals surface area contributed by atoms with Crippen molar-refractivity contribution < 1.29 is 0 Å². The number of hydrogen-bond donors (Lipinski definition) is 1. The van der Waals surface area contributed by atoms with Gasteiger partial charge in [0.1, 0.15) is 5.82 Å². The van der Waals surface area contributed by atoms with Crippen molar-refractivity contribution in [2.24, 2.45) is 17.3 Å². The summed E-state index contributed by atoms with van der Waals surface area (Å²) >= 11 is 0. The first-order valence-corrected chi connectivity index (χ1v) is 5.33. The van der Waals surface area contributed by atoms with Crippen LogP contribution in [0.2, 0.25) is 0 Å². The van der Waals surface area contributed by atoms with Crippen molar-refractivity contribution in [3.8, 4) is 0 Å². The molecule has 5 nitrogen and oxygen atoms in total. The van der Waals surface area contributed by atoms with E-state index in [2.05, 4.69) is 22.1 Å². The Labute approximate surface area is 90.4 Å². The van der Waals surface area contributed by atoms with E-state index in [0.717, 1.165) is 18.8 Å². The minimum absolute atomic E-state index is 0.534. The van der Waals surface area contributed by atoms with Crippen molar-refractivity contribution in [1.82, 2.24) is 9.55 Å². The normalized spacial score (nSPS) is 11.4. The van der Waals surface area contributed by atoms with Gasteiger partial charge in [0.15, 0.2) is 5.82 Å². The lowest BCUT2D eigenvalue weighted by atomic mass is 10.3. The van der Waals surface area contributed by atoms with Crippen LogP contribution in [0.4, 0.5) is 11.6 Å². The maximum atomic E-state index is 5.79. The molecule has 0 atom stereocenters. The molecule has 1 aromatic heterocycles. The second-order valence-corrected chi connectivity index (χ2v) is 3.60. The van der Waals surface area contributed by atoms with Crippen LogP contribution >= 0.6 is 0 Å². The molecule has 1 rings (SSSR count). The third kappa shape index (κ3) is 3.04. The molecule has 0 aliphatic heterocycles. The summed E-state index contributed by atoms with van der Waals surface area (Å²) in [7, 11) is 1.87. The minimum Gasteiger partial charge on any atom is -0.382 e. The van der Waals surface area contributed by atoms with Gasteiger partial charge in [0.25, 0.3) is 0 Å². The number of nitrogens with zero attached hydrogens (tertiary/aromatic N) is 4. The van der Waals surface area contributed by atoms with Crippen molar-refractivity contribution in [3.63, 3.8) is 0 Å². The van der Waals surface area contributed by atoms with E-state index in [1.54, 1.807) is 4.57 Å². The lowest BCUT2D eigenvalue weighted by Gasteiger charge is -1.95. The minimum atomic E-state index is 0.534. The number of rotatable bonds is 5. The van der Waals surface area contributed by atoms with E-state index in [1.165, 1.54) is 12.8 Å². The predicted molar refractivity (Wildman–Crippen MR) is 61.3 cm³/mol. The molecule has 5 heteroatoms. The molecule has 0 saturated carbocycles. The van der Waals surface area contributed by atoms with Crippen LogP contribution in [0.15, 0.2) is 10.2 Å². The summed E-state index contributed by atoms with van der Waals surface area (Å²) in [6.07, 6.45) is 3.46. The molecule has 0 fully saturated rings. The molecule has 0 amide bonds. The summed E-state index contributed by atoms with van der Waals surface area (Å²) < 4.78 is 1.81. The van der Waals surface area contributed by atoms with Gasteiger partial charge in [0.2, 0.25) is 5.82 Å². The highest BCUT2D eigenvalue weighted by Crippen LogP contribution is 2.21. The van der Waals surface area contributed by atoms with E-state index >= 15 is 0 Å². The number of anilines is 1. The van der Waals surface area contributed by atoms with Crippen molar-refractivity contribution in [1.29, 1.82) is 0 Å². The monoisotopic (exact) mass is 209 g/mol. The molecule has 84 valence electrons. The maximum absolute atomic E-state index is 5.79. The van der Waals surface area contributed by atoms with Gasteiger partial charge in [-0.05, 0) is 13.3 Å². The third-order valence-electron chi connectivity index (χ3n) is 2.37. The highest BCUT2D eigenvalue weighted by Gasteiger charge is 2.06. The second kappa shape index (κ2) is 5.48. The number of nitrogen functional groups attached to an aromatic ring is 1. The molecule has 0 bridgehead atoms. The fraction of sp³-hybridized carbons (Fsp3) is 0.700. The van der Waals surface area contributed by atoms with Crippen LogP contribution in [0.3, 0.4) is 0 Å². The molecule has 0 aromatic carbocycles. The maximum Gasteiger partial charge on any atom is 0.216 e. The third-order valence-corrected chi connectivity index (χ3v) is 2.37. The quantitative estimate of drug-likeness (QED) is 0.598. The molecule has 0 radical (unpaired) electrons. The molecule has 0 spiro atoms. The SMILES string of the molecule is CCCCCN=Nc1nc(C)n(C)c1N. The zero-order valence-electron chi connectivity index (χ0n) is 9.69. The van der Waals surface area contributed by atoms with Crippen molar-refractivity contribution in [2.45, 2.75) is 33.1 Å². The Hall–Kier alpha value is -1.39. The lowest BCUT2D eigenvalue weighted by molar-refractivity contribution is 0.712. The van der Waals surface area contributed by atoms with E-state index < -0.39 is 0 Å². The van der Waals surface area contributed by atoms with Gasteiger partial charge in [-0.1, -0.05) is 19.8 Å². The number of nitrogens with two attached hydrogens (primary N) is 1. The molecular formula is C10H19N5. The van der Waals surface area contributed by atoms with Gasteiger partial charge in [-0.15, -0.1) is 5.11 Å². The van der Waals surface area contributed by atoms with Crippen molar-refractivity contribution in [3.05, 3.63) is 5.82 Å². The van der Waals surface area contributed by atoms with Gasteiger partial charge in [0.05, 0.1) is 6.54 Å². The standard InChI is InChI=1S/C10H19N5/c1-4-5-6-7-12-14-10-9(11)15(3)8(2)13-10/h4-7,11H2,1-3H3. The predicted octanol–water partition coefficient (Wildman–Crippen LogP) is 2.58. The fourth-order valence-corrected chi connectivity index (χ4v) is 1.23. The number of unbranched alkanes of at least 4 members (excludes halogenated alkanes) is 2. The zero-order valence-corrected chi connectivity index (χ0v) is 9.69. The van der Waals surface area contributed by atoms with E-state index in [1.807, 2.05) is 14.0 Å². The van der Waals surface area contributed by atoms with Crippen LogP contribution < -0.4 is 5.73 Å². The largest absolute Gasteiger partial charge is 0.382 e. The van der Waals surface area contributed by atoms with Crippen LogP contribution in [-0.2, 0) is 7.05 Å². The van der Waals surface area contributed by atoms with Gasteiger partial charge in [-0.2, -0.15) is 5.11 Å². The lowest BCUT2D eigenvalue weighted by Crippen LogP contribution is -1.97. The van der Waals surface area contributed by atoms with Gasteiger partial charge in [0, 0.05) is 7.05 Å². The Morgan fingerprint density at radius 3 is 2.67 bits per heavy atom. The van der Waals surface area contributed by atoms with Crippen molar-refractivity contribution in [2.75, 3.05) is 12.3 Å².